The summed E-state index contributed by atoms with van der Waals surface area (Å²) >= 11 is 4.37. The van der Waals surface area contributed by atoms with Crippen LogP contribution < -0.4 is 5.69 Å². The van der Waals surface area contributed by atoms with E-state index in [0.717, 1.165) is 0 Å². The number of halogens is 5. The van der Waals surface area contributed by atoms with E-state index in [1.165, 1.54) is 0 Å². The van der Waals surface area contributed by atoms with Gasteiger partial charge in [-0.25, -0.2) is 27.3 Å². The number of H-pyrrole nitrogens is 1. The van der Waals surface area contributed by atoms with Crippen molar-refractivity contribution < 1.29 is 78.2 Å². The molecule has 0 aliphatic carbocycles. The van der Waals surface area contributed by atoms with Gasteiger partial charge in [0, 0.05) is 0 Å². The van der Waals surface area contributed by atoms with Gasteiger partial charge in [-0.3, -0.25) is 14.1 Å². The fourth-order valence-corrected chi connectivity index (χ4v) is 5.74. The Labute approximate surface area is 188 Å². The lowest BCUT2D eigenvalue weighted by Crippen LogP contribution is -2.55. The summed E-state index contributed by atoms with van der Waals surface area (Å²) in [5, 5.41) is 9.89. The van der Waals surface area contributed by atoms with Crippen molar-refractivity contribution >= 4 is 35.7 Å². The van der Waals surface area contributed by atoms with Gasteiger partial charge < -0.3 is 29.4 Å². The smallest absolute Gasteiger partial charge is 0.386 e. The van der Waals surface area contributed by atoms with Crippen LogP contribution in [0.25, 0.3) is 0 Å². The van der Waals surface area contributed by atoms with Crippen LogP contribution in [0.5, 0.6) is 0 Å². The van der Waals surface area contributed by atoms with Gasteiger partial charge in [0.25, 0.3) is 5.67 Å². The van der Waals surface area contributed by atoms with Gasteiger partial charge in [-0.1, -0.05) is 12.2 Å². The molecule has 0 saturated carbocycles. The number of hydrogen-bond donors (Lipinski definition) is 6. The zero-order chi connectivity index (χ0) is 26.5. The Bertz CT molecular complexity index is 1200. The summed E-state index contributed by atoms with van der Waals surface area (Å²) in [6, 6.07) is 0. The van der Waals surface area contributed by atoms with Gasteiger partial charge in [0.05, 0.1) is 12.8 Å². The van der Waals surface area contributed by atoms with Crippen molar-refractivity contribution in [1.82, 2.24) is 9.55 Å². The molecular formula is C10H12F5N2O13P3S. The first-order valence-electron chi connectivity index (χ1n) is 7.98. The summed E-state index contributed by atoms with van der Waals surface area (Å²) < 4.78 is 117. The number of aliphatic hydroxyl groups is 1. The first-order chi connectivity index (χ1) is 15.1. The van der Waals surface area contributed by atoms with E-state index in [2.05, 4.69) is 30.1 Å². The molecule has 0 amide bonds. The third-order valence-electron chi connectivity index (χ3n) is 3.87. The molecule has 6 N–H and O–H groups in total. The third-order valence-corrected chi connectivity index (χ3v) is 7.97. The number of nitrogens with zero attached hydrogens (tertiary/aromatic N) is 1. The molecule has 0 radical (unpaired) electrons. The standard InChI is InChI=1S/C10H12F5N2O13P3S/c11-3-1-17(8(19)16-6(3)34)7-9(12,10(13,14)15)5(18)4(28-7)2-27-32(23,24)30-33(25,26)29-31(20,21)22/h1,4-5,7,18H,2H2,(H,23,24)(H,25,26)(H,16,19,34)(H2,20,21,22)/t4-,5?,7-,9-/m1/s1. The minimum absolute atomic E-state index is 0.0311. The summed E-state index contributed by atoms with van der Waals surface area (Å²) in [4.78, 5) is 48.7. The third kappa shape index (κ3) is 6.44. The summed E-state index contributed by atoms with van der Waals surface area (Å²) in [6.07, 6.45) is -15.0. The number of phosphoric acid groups is 3. The van der Waals surface area contributed by atoms with Crippen LogP contribution in [-0.4, -0.2) is 64.9 Å². The summed E-state index contributed by atoms with van der Waals surface area (Å²) in [6.45, 7) is -1.71. The average molecular weight is 588 g/mol. The number of hydrogen-bond acceptors (Lipinski definition) is 10. The number of aromatic nitrogens is 2. The van der Waals surface area contributed by atoms with Crippen LogP contribution in [0.4, 0.5) is 22.0 Å². The van der Waals surface area contributed by atoms with Crippen molar-refractivity contribution in [1.29, 1.82) is 0 Å². The van der Waals surface area contributed by atoms with Crippen molar-refractivity contribution in [2.24, 2.45) is 0 Å². The van der Waals surface area contributed by atoms with Gasteiger partial charge in [-0.05, 0) is 0 Å². The van der Waals surface area contributed by atoms with Crippen LogP contribution in [0.1, 0.15) is 6.23 Å². The second-order valence-corrected chi connectivity index (χ2v) is 11.1. The largest absolute Gasteiger partial charge is 0.490 e. The quantitative estimate of drug-likeness (QED) is 0.141. The number of aromatic amines is 1. The van der Waals surface area contributed by atoms with E-state index in [4.69, 9.17) is 14.7 Å². The Kier molecular flexibility index (Phi) is 8.20. The van der Waals surface area contributed by atoms with Crippen molar-refractivity contribution in [3.8, 4) is 0 Å². The van der Waals surface area contributed by atoms with Crippen LogP contribution in [0.2, 0.25) is 0 Å². The molecule has 24 heteroatoms. The van der Waals surface area contributed by atoms with Gasteiger partial charge in [-0.15, -0.1) is 0 Å². The molecule has 0 spiro atoms. The molecule has 0 bridgehead atoms. The van der Waals surface area contributed by atoms with Crippen LogP contribution >= 0.6 is 35.7 Å². The number of nitrogens with one attached hydrogen (secondary N) is 1. The van der Waals surface area contributed by atoms with E-state index >= 15 is 4.39 Å². The SMILES string of the molecule is O=c1[nH]c(=S)c(F)cn1[C@@H]1O[C@H](COP(=O)(O)OP(=O)(O)OP(=O)(O)O)C(O)[C@]1(F)C(F)(F)F. The minimum Gasteiger partial charge on any atom is -0.386 e. The molecule has 2 heterocycles. The molecule has 2 rings (SSSR count). The highest BCUT2D eigenvalue weighted by atomic mass is 32.1. The molecule has 3 unspecified atom stereocenters. The number of rotatable bonds is 8. The topological polar surface area (TPSA) is 227 Å². The predicted molar refractivity (Wildman–Crippen MR) is 95.5 cm³/mol. The van der Waals surface area contributed by atoms with Crippen LogP contribution in [0, 0.1) is 10.5 Å². The molecule has 1 saturated heterocycles. The van der Waals surface area contributed by atoms with Crippen LogP contribution in [-0.2, 0) is 31.6 Å². The molecular weight excluding hydrogens is 576 g/mol. The molecule has 0 aromatic carbocycles. The second kappa shape index (κ2) is 9.51. The highest BCUT2D eigenvalue weighted by Gasteiger charge is 2.73. The maximum absolute atomic E-state index is 15.1. The predicted octanol–water partition coefficient (Wildman–Crippen LogP) is 0.917. The number of ether oxygens (including phenoxy) is 1. The lowest BCUT2D eigenvalue weighted by atomic mass is 9.95. The number of aliphatic hydroxyl groups excluding tert-OH is 1. The van der Waals surface area contributed by atoms with Gasteiger partial charge in [-0.2, -0.15) is 21.8 Å². The van der Waals surface area contributed by atoms with Gasteiger partial charge in [0.1, 0.15) is 16.8 Å². The Morgan fingerprint density at radius 1 is 1.18 bits per heavy atom. The van der Waals surface area contributed by atoms with E-state index in [1.54, 1.807) is 4.98 Å². The molecule has 1 aromatic heterocycles. The fraction of sp³-hybridized carbons (Fsp3) is 0.600. The Hall–Kier alpha value is -0.920. The molecule has 15 nitrogen and oxygen atoms in total. The van der Waals surface area contributed by atoms with E-state index in [1.807, 2.05) is 0 Å². The lowest BCUT2D eigenvalue weighted by Gasteiger charge is -2.31. The van der Waals surface area contributed by atoms with Gasteiger partial charge >= 0.3 is 35.3 Å². The first kappa shape index (κ1) is 29.3. The van der Waals surface area contributed by atoms with Crippen molar-refractivity contribution in [3.05, 3.63) is 27.1 Å². The maximum atomic E-state index is 15.1. The van der Waals surface area contributed by atoms with Crippen LogP contribution in [0.3, 0.4) is 0 Å². The normalized spacial score (nSPS) is 29.5. The number of alkyl halides is 4. The highest BCUT2D eigenvalue weighted by Crippen LogP contribution is 2.66. The van der Waals surface area contributed by atoms with E-state index in [0.29, 0.717) is 0 Å². The van der Waals surface area contributed by atoms with Crippen LogP contribution in [0.15, 0.2) is 11.0 Å². The fourth-order valence-electron chi connectivity index (χ4n) is 2.57. The van der Waals surface area contributed by atoms with Crippen molar-refractivity contribution in [3.63, 3.8) is 0 Å². The highest BCUT2D eigenvalue weighted by molar-refractivity contribution is 7.71. The van der Waals surface area contributed by atoms with Crippen molar-refractivity contribution in [2.75, 3.05) is 6.61 Å². The lowest BCUT2D eigenvalue weighted by molar-refractivity contribution is -0.274. The molecule has 196 valence electrons. The minimum atomic E-state index is -6.00. The molecule has 1 fully saturated rings. The Morgan fingerprint density at radius 3 is 2.24 bits per heavy atom. The monoisotopic (exact) mass is 588 g/mol. The number of phosphoric ester groups is 1. The summed E-state index contributed by atoms with van der Waals surface area (Å²) in [5.41, 5.74) is -6.45. The summed E-state index contributed by atoms with van der Waals surface area (Å²) in [5.74, 6) is -1.49. The molecule has 1 aromatic rings. The van der Waals surface area contributed by atoms with Gasteiger partial charge in [0.2, 0.25) is 0 Å². The Balaban J connectivity index is 2.33. The molecule has 34 heavy (non-hydrogen) atoms. The zero-order valence-corrected chi connectivity index (χ0v) is 19.1. The zero-order valence-electron chi connectivity index (χ0n) is 15.6. The molecule has 1 aliphatic heterocycles. The second-order valence-electron chi connectivity index (χ2n) is 6.27. The molecule has 1 aliphatic rings. The summed E-state index contributed by atoms with van der Waals surface area (Å²) in [7, 11) is -17.7. The molecule has 6 atom stereocenters. The van der Waals surface area contributed by atoms with Gasteiger partial charge in [0.15, 0.2) is 12.0 Å². The van der Waals surface area contributed by atoms with Crippen molar-refractivity contribution in [2.45, 2.75) is 30.3 Å². The first-order valence-corrected chi connectivity index (χ1v) is 12.9. The van der Waals surface area contributed by atoms with E-state index in [9.17, 15) is 46.1 Å². The van der Waals surface area contributed by atoms with E-state index in [-0.39, 0.29) is 10.8 Å². The average Bonchev–Trinajstić information content (AvgIpc) is 2.85. The van der Waals surface area contributed by atoms with E-state index < -0.39 is 76.5 Å². The maximum Gasteiger partial charge on any atom is 0.490 e. The Morgan fingerprint density at radius 2 is 1.74 bits per heavy atom.